The summed E-state index contributed by atoms with van der Waals surface area (Å²) in [6, 6.07) is 11.6. The highest BCUT2D eigenvalue weighted by Crippen LogP contribution is 2.17. The van der Waals surface area contributed by atoms with E-state index in [0.717, 1.165) is 5.56 Å². The van der Waals surface area contributed by atoms with Crippen molar-refractivity contribution in [2.45, 2.75) is 19.9 Å². The molecule has 0 saturated heterocycles. The lowest BCUT2D eigenvalue weighted by Crippen LogP contribution is -2.35. The van der Waals surface area contributed by atoms with Crippen LogP contribution < -0.4 is 16.2 Å². The van der Waals surface area contributed by atoms with E-state index in [1.807, 2.05) is 31.2 Å². The number of amides is 2. The third-order valence-electron chi connectivity index (χ3n) is 4.12. The van der Waals surface area contributed by atoms with Crippen LogP contribution in [-0.2, 0) is 7.05 Å². The summed E-state index contributed by atoms with van der Waals surface area (Å²) in [5.74, 6) is 0.448. The van der Waals surface area contributed by atoms with Crippen LogP contribution in [0.2, 0.25) is 5.02 Å². The largest absolute Gasteiger partial charge is 0.328 e. The van der Waals surface area contributed by atoms with E-state index in [1.54, 1.807) is 32.2 Å². The Morgan fingerprint density at radius 3 is 2.58 bits per heavy atom. The van der Waals surface area contributed by atoms with Crippen molar-refractivity contribution in [1.82, 2.24) is 14.9 Å². The van der Waals surface area contributed by atoms with Gasteiger partial charge in [-0.3, -0.25) is 9.36 Å². The van der Waals surface area contributed by atoms with Crippen LogP contribution in [0.1, 0.15) is 24.4 Å². The first-order valence-corrected chi connectivity index (χ1v) is 8.53. The Hall–Kier alpha value is -2.86. The van der Waals surface area contributed by atoms with Gasteiger partial charge in [0.15, 0.2) is 0 Å². The number of nitrogens with zero attached hydrogens (tertiary/aromatic N) is 2. The number of carbonyl (C=O) groups is 1. The van der Waals surface area contributed by atoms with Crippen molar-refractivity contribution in [1.29, 1.82) is 0 Å². The summed E-state index contributed by atoms with van der Waals surface area (Å²) in [5.41, 5.74) is 2.11. The third-order valence-corrected chi connectivity index (χ3v) is 4.35. The number of nitrogens with one attached hydrogen (secondary N) is 2. The van der Waals surface area contributed by atoms with Crippen molar-refractivity contribution < 1.29 is 4.79 Å². The number of benzene rings is 2. The molecule has 2 N–H and O–H groups in total. The van der Waals surface area contributed by atoms with Gasteiger partial charge in [-0.05, 0) is 44.2 Å². The summed E-state index contributed by atoms with van der Waals surface area (Å²) >= 11 is 6.00. The number of aryl methyl sites for hydroxylation is 1. The van der Waals surface area contributed by atoms with E-state index >= 15 is 0 Å². The topological polar surface area (TPSA) is 76.0 Å². The van der Waals surface area contributed by atoms with Gasteiger partial charge in [-0.25, -0.2) is 9.78 Å². The lowest BCUT2D eigenvalue weighted by Gasteiger charge is -2.17. The van der Waals surface area contributed by atoms with Crippen LogP contribution >= 0.6 is 11.6 Å². The number of hydrogen-bond acceptors (Lipinski definition) is 3. The van der Waals surface area contributed by atoms with E-state index < -0.39 is 6.04 Å². The zero-order valence-corrected chi connectivity index (χ0v) is 15.5. The zero-order valence-electron chi connectivity index (χ0n) is 14.7. The minimum Gasteiger partial charge on any atom is -0.328 e. The van der Waals surface area contributed by atoms with Crippen molar-refractivity contribution in [3.63, 3.8) is 0 Å². The van der Waals surface area contributed by atoms with Gasteiger partial charge in [-0.2, -0.15) is 0 Å². The van der Waals surface area contributed by atoms with Crippen molar-refractivity contribution in [2.75, 3.05) is 5.32 Å². The van der Waals surface area contributed by atoms with Crippen LogP contribution in [0.3, 0.4) is 0 Å². The normalized spacial score (nSPS) is 12.0. The molecule has 0 spiro atoms. The molecule has 0 radical (unpaired) electrons. The van der Waals surface area contributed by atoms with E-state index in [-0.39, 0.29) is 11.6 Å². The fourth-order valence-corrected chi connectivity index (χ4v) is 2.88. The third kappa shape index (κ3) is 3.70. The minimum absolute atomic E-state index is 0.186. The summed E-state index contributed by atoms with van der Waals surface area (Å²) in [6.07, 6.45) is 0. The monoisotopic (exact) mass is 370 g/mol. The maximum absolute atomic E-state index is 12.5. The van der Waals surface area contributed by atoms with Gasteiger partial charge in [-0.15, -0.1) is 0 Å². The zero-order chi connectivity index (χ0) is 18.8. The molecular formula is C19H19ClN4O2. The van der Waals surface area contributed by atoms with Crippen LogP contribution in [0.4, 0.5) is 10.5 Å². The molecule has 0 saturated carbocycles. The molecule has 0 bridgehead atoms. The highest BCUT2D eigenvalue weighted by atomic mass is 35.5. The maximum Gasteiger partial charge on any atom is 0.319 e. The van der Waals surface area contributed by atoms with E-state index in [1.165, 1.54) is 4.57 Å². The number of fused-ring (bicyclic) bond motifs is 1. The molecule has 1 unspecified atom stereocenters. The molecule has 3 rings (SSSR count). The Morgan fingerprint density at radius 2 is 1.88 bits per heavy atom. The first-order chi connectivity index (χ1) is 12.3. The lowest BCUT2D eigenvalue weighted by molar-refractivity contribution is 0.248. The van der Waals surface area contributed by atoms with Gasteiger partial charge in [0.1, 0.15) is 5.82 Å². The van der Waals surface area contributed by atoms with Gasteiger partial charge in [0, 0.05) is 17.8 Å². The lowest BCUT2D eigenvalue weighted by atomic mass is 10.2. The summed E-state index contributed by atoms with van der Waals surface area (Å²) < 4.78 is 1.44. The van der Waals surface area contributed by atoms with Crippen LogP contribution in [0.5, 0.6) is 0 Å². The molecule has 2 amide bonds. The number of rotatable bonds is 3. The molecule has 1 atom stereocenters. The van der Waals surface area contributed by atoms with E-state index in [9.17, 15) is 9.59 Å². The van der Waals surface area contributed by atoms with E-state index in [0.29, 0.717) is 27.4 Å². The molecule has 7 heteroatoms. The van der Waals surface area contributed by atoms with Crippen molar-refractivity contribution in [3.05, 3.63) is 69.2 Å². The quantitative estimate of drug-likeness (QED) is 0.736. The molecule has 1 aromatic heterocycles. The average Bonchev–Trinajstić information content (AvgIpc) is 2.59. The second-order valence-electron chi connectivity index (χ2n) is 6.18. The molecule has 0 aliphatic rings. The smallest absolute Gasteiger partial charge is 0.319 e. The fraction of sp³-hybridized carbons (Fsp3) is 0.211. The number of carbonyl (C=O) groups excluding carboxylic acids is 1. The highest BCUT2D eigenvalue weighted by Gasteiger charge is 2.16. The van der Waals surface area contributed by atoms with Gasteiger partial charge < -0.3 is 10.6 Å². The van der Waals surface area contributed by atoms with Crippen molar-refractivity contribution in [3.8, 4) is 0 Å². The van der Waals surface area contributed by atoms with Gasteiger partial charge in [0.25, 0.3) is 5.56 Å². The summed E-state index contributed by atoms with van der Waals surface area (Å²) in [7, 11) is 1.63. The molecule has 0 fully saturated rings. The Bertz CT molecular complexity index is 1030. The number of aromatic nitrogens is 2. The number of urea groups is 1. The molecule has 26 heavy (non-hydrogen) atoms. The molecule has 1 heterocycles. The predicted molar refractivity (Wildman–Crippen MR) is 104 cm³/mol. The average molecular weight is 371 g/mol. The second kappa shape index (κ2) is 7.17. The minimum atomic E-state index is -0.471. The predicted octanol–water partition coefficient (Wildman–Crippen LogP) is 3.78. The fourth-order valence-electron chi connectivity index (χ4n) is 2.71. The Balaban J connectivity index is 1.84. The summed E-state index contributed by atoms with van der Waals surface area (Å²) in [6.45, 7) is 3.75. The Morgan fingerprint density at radius 1 is 1.19 bits per heavy atom. The summed E-state index contributed by atoms with van der Waals surface area (Å²) in [5, 5.41) is 6.55. The van der Waals surface area contributed by atoms with Gasteiger partial charge in [-0.1, -0.05) is 29.3 Å². The molecule has 6 nitrogen and oxygen atoms in total. The molecule has 0 aliphatic carbocycles. The highest BCUT2D eigenvalue weighted by molar-refractivity contribution is 6.31. The first kappa shape index (κ1) is 17.9. The van der Waals surface area contributed by atoms with E-state index in [4.69, 9.17) is 11.6 Å². The molecule has 3 aromatic rings. The first-order valence-electron chi connectivity index (χ1n) is 8.15. The molecule has 0 aliphatic heterocycles. The Labute approximate surface area is 155 Å². The molecule has 134 valence electrons. The summed E-state index contributed by atoms with van der Waals surface area (Å²) in [4.78, 5) is 29.3. The maximum atomic E-state index is 12.5. The number of hydrogen-bond donors (Lipinski definition) is 2. The standard InChI is InChI=1S/C19H19ClN4O2/c1-11-4-7-14(8-5-11)22-19(26)21-12(2)17-23-16-10-13(20)6-9-15(16)18(25)24(17)3/h4-10,12H,1-3H3,(H2,21,22,26). The Kier molecular flexibility index (Phi) is 4.95. The second-order valence-corrected chi connectivity index (χ2v) is 6.62. The van der Waals surface area contributed by atoms with Crippen molar-refractivity contribution in [2.24, 2.45) is 7.05 Å². The molecule has 2 aromatic carbocycles. The SMILES string of the molecule is Cc1ccc(NC(=O)NC(C)c2nc3cc(Cl)ccc3c(=O)n2C)cc1. The number of halogens is 1. The van der Waals surface area contributed by atoms with E-state index in [2.05, 4.69) is 15.6 Å². The van der Waals surface area contributed by atoms with Crippen LogP contribution in [0.25, 0.3) is 10.9 Å². The molecular weight excluding hydrogens is 352 g/mol. The number of anilines is 1. The van der Waals surface area contributed by atoms with Crippen LogP contribution in [0, 0.1) is 6.92 Å². The van der Waals surface area contributed by atoms with Gasteiger partial charge in [0.2, 0.25) is 0 Å². The van der Waals surface area contributed by atoms with Crippen molar-refractivity contribution >= 4 is 34.2 Å². The van der Waals surface area contributed by atoms with Crippen LogP contribution in [-0.4, -0.2) is 15.6 Å². The van der Waals surface area contributed by atoms with Gasteiger partial charge >= 0.3 is 6.03 Å². The van der Waals surface area contributed by atoms with Crippen LogP contribution in [0.15, 0.2) is 47.3 Å². The van der Waals surface area contributed by atoms with Gasteiger partial charge in [0.05, 0.1) is 16.9 Å².